The van der Waals surface area contributed by atoms with Crippen LogP contribution in [0.4, 0.5) is 5.95 Å². The zero-order valence-corrected chi connectivity index (χ0v) is 19.0. The molecule has 3 heterocycles. The summed E-state index contributed by atoms with van der Waals surface area (Å²) in [5.74, 6) is 1.31. The number of nitrogens with one attached hydrogen (secondary N) is 1. The van der Waals surface area contributed by atoms with Crippen molar-refractivity contribution in [2.75, 3.05) is 25.5 Å². The fourth-order valence-corrected chi connectivity index (χ4v) is 4.26. The number of allylic oxidation sites excluding steroid dienone is 1. The maximum absolute atomic E-state index is 6.15. The Morgan fingerprint density at radius 3 is 2.81 bits per heavy atom. The molecule has 3 aromatic rings. The normalized spacial score (nSPS) is 17.8. The van der Waals surface area contributed by atoms with Crippen LogP contribution in [-0.4, -0.2) is 57.1 Å². The number of benzene rings is 1. The van der Waals surface area contributed by atoms with Gasteiger partial charge >= 0.3 is 0 Å². The van der Waals surface area contributed by atoms with Crippen LogP contribution in [0.15, 0.2) is 36.7 Å². The number of hydrogen-bond donors (Lipinski definition) is 1. The molecule has 0 spiro atoms. The molecule has 5 rings (SSSR count). The summed E-state index contributed by atoms with van der Waals surface area (Å²) in [4.78, 5) is 21.0. The molecular weight excluding hydrogens is 400 g/mol. The van der Waals surface area contributed by atoms with Gasteiger partial charge in [-0.25, -0.2) is 19.9 Å². The fraction of sp³-hybridized carbons (Fsp3) is 0.440. The molecule has 0 bridgehead atoms. The van der Waals surface area contributed by atoms with Gasteiger partial charge in [-0.2, -0.15) is 0 Å². The average molecular weight is 435 g/mol. The van der Waals surface area contributed by atoms with Gasteiger partial charge in [0.2, 0.25) is 11.8 Å². The van der Waals surface area contributed by atoms with Crippen molar-refractivity contribution in [1.29, 1.82) is 0 Å². The van der Waals surface area contributed by atoms with Gasteiger partial charge in [0.05, 0.1) is 22.9 Å². The highest BCUT2D eigenvalue weighted by Crippen LogP contribution is 2.33. The van der Waals surface area contributed by atoms with Gasteiger partial charge in [-0.3, -0.25) is 0 Å². The van der Waals surface area contributed by atoms with Crippen LogP contribution in [-0.2, 0) is 6.42 Å². The van der Waals surface area contributed by atoms with E-state index in [2.05, 4.69) is 59.3 Å². The van der Waals surface area contributed by atoms with Crippen LogP contribution in [0, 0.1) is 0 Å². The maximum Gasteiger partial charge on any atom is 0.233 e. The van der Waals surface area contributed by atoms with Crippen molar-refractivity contribution in [1.82, 2.24) is 24.8 Å². The van der Waals surface area contributed by atoms with Crippen LogP contribution < -0.4 is 10.1 Å². The lowest BCUT2D eigenvalue weighted by molar-refractivity contribution is 0.110. The number of fused-ring (bicyclic) bond motifs is 2. The number of aromatic nitrogens is 4. The minimum Gasteiger partial charge on any atom is -0.473 e. The molecule has 7 nitrogen and oxygen atoms in total. The van der Waals surface area contributed by atoms with Crippen molar-refractivity contribution in [3.05, 3.63) is 53.5 Å². The Hall–Kier alpha value is -3.06. The maximum atomic E-state index is 6.15. The van der Waals surface area contributed by atoms with Crippen LogP contribution in [0.2, 0.25) is 0 Å². The molecule has 1 aliphatic heterocycles. The zero-order chi connectivity index (χ0) is 22.1. The number of likely N-dealkylation sites (tertiary alicyclic amines) is 1. The second-order valence-electron chi connectivity index (χ2n) is 8.86. The van der Waals surface area contributed by atoms with Crippen molar-refractivity contribution in [3.8, 4) is 5.88 Å². The Labute approximate surface area is 191 Å². The summed E-state index contributed by atoms with van der Waals surface area (Å²) in [5.41, 5.74) is 6.12. The van der Waals surface area contributed by atoms with Gasteiger partial charge in [0.15, 0.2) is 0 Å². The highest BCUT2D eigenvalue weighted by molar-refractivity contribution is 5.88. The lowest BCUT2D eigenvalue weighted by atomic mass is 10.0. The predicted octanol–water partition coefficient (Wildman–Crippen LogP) is 4.58. The first-order valence-electron chi connectivity index (χ1n) is 11.5. The second-order valence-corrected chi connectivity index (χ2v) is 8.86. The Balaban J connectivity index is 0.00000162. The van der Waals surface area contributed by atoms with E-state index in [9.17, 15) is 0 Å². The number of rotatable bonds is 6. The molecule has 1 N–H and O–H groups in total. The van der Waals surface area contributed by atoms with Gasteiger partial charge in [-0.05, 0) is 56.5 Å². The van der Waals surface area contributed by atoms with Crippen molar-refractivity contribution in [2.24, 2.45) is 0 Å². The highest BCUT2D eigenvalue weighted by atomic mass is 16.5. The van der Waals surface area contributed by atoms with Gasteiger partial charge in [0.1, 0.15) is 6.10 Å². The molecule has 1 fully saturated rings. The summed E-state index contributed by atoms with van der Waals surface area (Å²) in [5, 5.41) is 3.36. The summed E-state index contributed by atoms with van der Waals surface area (Å²) in [6, 6.07) is 6.57. The second kappa shape index (κ2) is 8.82. The summed E-state index contributed by atoms with van der Waals surface area (Å²) >= 11 is 0. The van der Waals surface area contributed by atoms with Gasteiger partial charge in [0, 0.05) is 40.2 Å². The minimum absolute atomic E-state index is 0. The third kappa shape index (κ3) is 4.30. The average Bonchev–Trinajstić information content (AvgIpc) is 3.23. The van der Waals surface area contributed by atoms with E-state index in [0.717, 1.165) is 72.2 Å². The first-order chi connectivity index (χ1) is 15.6. The Bertz CT molecular complexity index is 1160. The molecule has 32 heavy (non-hydrogen) atoms. The molecular formula is C25H34N6O. The standard InChI is InChI=1S/C25H30N6O.2H2/c1-4-16(2)28-25-27-14-20-19(6-8-21(20)30-25)17-5-7-22-23(13-17)29-24(15-26-22)32-18-9-11-31(3)12-10-18;;/h5-7,13-16,18H,4,8-12H2,1-3H3,(H,27,28,30);2*1H/t16-;;/m0../s1. The quantitative estimate of drug-likeness (QED) is 0.608. The lowest BCUT2D eigenvalue weighted by Crippen LogP contribution is -2.35. The molecule has 1 aliphatic carbocycles. The van der Waals surface area contributed by atoms with Gasteiger partial charge in [-0.1, -0.05) is 19.1 Å². The lowest BCUT2D eigenvalue weighted by Gasteiger charge is -2.28. The number of piperidine rings is 1. The largest absolute Gasteiger partial charge is 0.473 e. The summed E-state index contributed by atoms with van der Waals surface area (Å²) in [6.45, 7) is 6.40. The number of nitrogens with zero attached hydrogens (tertiary/aromatic N) is 5. The van der Waals surface area contributed by atoms with Crippen molar-refractivity contribution >= 4 is 22.6 Å². The van der Waals surface area contributed by atoms with Crippen molar-refractivity contribution in [2.45, 2.75) is 51.7 Å². The van der Waals surface area contributed by atoms with E-state index in [1.807, 2.05) is 12.3 Å². The number of anilines is 1. The van der Waals surface area contributed by atoms with Crippen LogP contribution >= 0.6 is 0 Å². The first-order valence-corrected chi connectivity index (χ1v) is 11.5. The topological polar surface area (TPSA) is 76.1 Å². The fourth-order valence-electron chi connectivity index (χ4n) is 4.26. The van der Waals surface area contributed by atoms with E-state index < -0.39 is 0 Å². The van der Waals surface area contributed by atoms with E-state index in [4.69, 9.17) is 14.7 Å². The van der Waals surface area contributed by atoms with Crippen LogP contribution in [0.25, 0.3) is 16.6 Å². The molecule has 7 heteroatoms. The van der Waals surface area contributed by atoms with E-state index >= 15 is 0 Å². The highest BCUT2D eigenvalue weighted by Gasteiger charge is 2.21. The summed E-state index contributed by atoms with van der Waals surface area (Å²) in [6.07, 6.45) is 9.99. The number of hydrogen-bond acceptors (Lipinski definition) is 7. The summed E-state index contributed by atoms with van der Waals surface area (Å²) in [7, 11) is 2.15. The summed E-state index contributed by atoms with van der Waals surface area (Å²) < 4.78 is 6.15. The third-order valence-corrected chi connectivity index (χ3v) is 6.43. The molecule has 2 aliphatic rings. The Morgan fingerprint density at radius 1 is 1.16 bits per heavy atom. The van der Waals surface area contributed by atoms with Crippen molar-refractivity contribution < 1.29 is 7.59 Å². The molecule has 0 amide bonds. The van der Waals surface area contributed by atoms with Gasteiger partial charge in [0.25, 0.3) is 0 Å². The van der Waals surface area contributed by atoms with Gasteiger partial charge in [-0.15, -0.1) is 0 Å². The van der Waals surface area contributed by atoms with Gasteiger partial charge < -0.3 is 15.0 Å². The van der Waals surface area contributed by atoms with Crippen LogP contribution in [0.1, 0.15) is 52.8 Å². The predicted molar refractivity (Wildman–Crippen MR) is 131 cm³/mol. The monoisotopic (exact) mass is 434 g/mol. The van der Waals surface area contributed by atoms with E-state index in [0.29, 0.717) is 17.9 Å². The SMILES string of the molecule is CC[C@H](C)Nc1ncc2c(n1)CC=C2c1ccc2ncc(OC3CCN(C)CC3)nc2c1.[HH].[HH]. The molecule has 170 valence electrons. The van der Waals surface area contributed by atoms with Crippen LogP contribution in [0.5, 0.6) is 5.88 Å². The first kappa shape index (κ1) is 20.8. The Morgan fingerprint density at radius 2 is 2.00 bits per heavy atom. The Kier molecular flexibility index (Phi) is 5.74. The molecule has 1 saturated heterocycles. The van der Waals surface area contributed by atoms with E-state index in [1.165, 1.54) is 0 Å². The van der Waals surface area contributed by atoms with Crippen molar-refractivity contribution in [3.63, 3.8) is 0 Å². The van der Waals surface area contributed by atoms with E-state index in [1.54, 1.807) is 6.20 Å². The molecule has 0 saturated carbocycles. The third-order valence-electron chi connectivity index (χ3n) is 6.43. The molecule has 1 aromatic carbocycles. The smallest absolute Gasteiger partial charge is 0.233 e. The number of ether oxygens (including phenoxy) is 1. The molecule has 1 atom stereocenters. The minimum atomic E-state index is 0. The molecule has 0 unspecified atom stereocenters. The zero-order valence-electron chi connectivity index (χ0n) is 19.0. The molecule has 2 aromatic heterocycles. The molecule has 0 radical (unpaired) electrons. The van der Waals surface area contributed by atoms with E-state index in [-0.39, 0.29) is 8.96 Å². The van der Waals surface area contributed by atoms with Crippen LogP contribution in [0.3, 0.4) is 0 Å².